The van der Waals surface area contributed by atoms with Crippen LogP contribution in [-0.2, 0) is 0 Å². The van der Waals surface area contributed by atoms with Gasteiger partial charge in [0.05, 0.1) is 17.3 Å². The maximum absolute atomic E-state index is 14.6. The van der Waals surface area contributed by atoms with Crippen molar-refractivity contribution in [2.24, 2.45) is 5.73 Å². The molecule has 8 heteroatoms. The maximum Gasteiger partial charge on any atom is 0.174 e. The monoisotopic (exact) mass is 377 g/mol. The zero-order valence-electron chi connectivity index (χ0n) is 15.2. The van der Waals surface area contributed by atoms with Gasteiger partial charge in [0.15, 0.2) is 5.82 Å². The summed E-state index contributed by atoms with van der Waals surface area (Å²) in [5.41, 5.74) is 9.04. The first-order valence-corrected chi connectivity index (χ1v) is 9.45. The topological polar surface area (TPSA) is 98.3 Å². The fourth-order valence-corrected chi connectivity index (χ4v) is 4.09. The van der Waals surface area contributed by atoms with E-state index in [4.69, 9.17) is 10.7 Å². The van der Waals surface area contributed by atoms with Crippen molar-refractivity contribution in [3.63, 3.8) is 0 Å². The fourth-order valence-electron chi connectivity index (χ4n) is 4.09. The van der Waals surface area contributed by atoms with Gasteiger partial charge in [-0.3, -0.25) is 10.1 Å². The van der Waals surface area contributed by atoms with Gasteiger partial charge in [-0.05, 0) is 43.9 Å². The van der Waals surface area contributed by atoms with E-state index in [2.05, 4.69) is 24.7 Å². The molecule has 1 aliphatic rings. The Bertz CT molecular complexity index is 1120. The second-order valence-corrected chi connectivity index (χ2v) is 7.26. The zero-order chi connectivity index (χ0) is 19.1. The number of fused-ring (bicyclic) bond motifs is 1. The van der Waals surface area contributed by atoms with E-state index in [0.29, 0.717) is 22.9 Å². The predicted octanol–water partition coefficient (Wildman–Crippen LogP) is 3.46. The SMILES string of the molecule is NC1CCCC(n2c(-c3ccccc3F)nc3cnc(-c4ncn[nH]4)cc32)C1. The lowest BCUT2D eigenvalue weighted by atomic mass is 9.91. The lowest BCUT2D eigenvalue weighted by Crippen LogP contribution is -2.29. The number of hydrogen-bond acceptors (Lipinski definition) is 5. The molecule has 2 atom stereocenters. The van der Waals surface area contributed by atoms with Crippen LogP contribution in [-0.4, -0.2) is 35.8 Å². The molecule has 0 radical (unpaired) electrons. The van der Waals surface area contributed by atoms with Crippen molar-refractivity contribution in [3.8, 4) is 22.9 Å². The highest BCUT2D eigenvalue weighted by atomic mass is 19.1. The standard InChI is InChI=1S/C20H20FN7/c21-15-7-2-1-6-14(15)20-26-17-10-23-16(19-24-11-25-27-19)9-18(17)28(20)13-5-3-4-12(22)8-13/h1-2,6-7,9-13H,3-5,8,22H2,(H,24,25,27). The first-order chi connectivity index (χ1) is 13.7. The van der Waals surface area contributed by atoms with Crippen molar-refractivity contribution in [2.45, 2.75) is 37.8 Å². The van der Waals surface area contributed by atoms with Gasteiger partial charge in [-0.1, -0.05) is 12.1 Å². The van der Waals surface area contributed by atoms with Crippen molar-refractivity contribution < 1.29 is 4.39 Å². The second-order valence-electron chi connectivity index (χ2n) is 7.26. The van der Waals surface area contributed by atoms with Gasteiger partial charge >= 0.3 is 0 Å². The molecule has 3 heterocycles. The van der Waals surface area contributed by atoms with Gasteiger partial charge < -0.3 is 10.3 Å². The molecule has 0 amide bonds. The van der Waals surface area contributed by atoms with E-state index in [1.807, 2.05) is 12.1 Å². The normalized spacial score (nSPS) is 19.9. The van der Waals surface area contributed by atoms with E-state index in [1.54, 1.807) is 18.3 Å². The maximum atomic E-state index is 14.6. The summed E-state index contributed by atoms with van der Waals surface area (Å²) >= 11 is 0. The summed E-state index contributed by atoms with van der Waals surface area (Å²) in [5.74, 6) is 0.911. The molecule has 2 unspecified atom stereocenters. The number of nitrogens with zero attached hydrogens (tertiary/aromatic N) is 5. The van der Waals surface area contributed by atoms with Crippen molar-refractivity contribution in [2.75, 3.05) is 0 Å². The molecule has 5 rings (SSSR count). The molecule has 28 heavy (non-hydrogen) atoms. The summed E-state index contributed by atoms with van der Waals surface area (Å²) in [7, 11) is 0. The van der Waals surface area contributed by atoms with Gasteiger partial charge in [0.2, 0.25) is 0 Å². The minimum absolute atomic E-state index is 0.139. The van der Waals surface area contributed by atoms with Crippen LogP contribution in [0.5, 0.6) is 0 Å². The summed E-state index contributed by atoms with van der Waals surface area (Å²) < 4.78 is 16.7. The lowest BCUT2D eigenvalue weighted by Gasteiger charge is -2.29. The number of hydrogen-bond donors (Lipinski definition) is 2. The van der Waals surface area contributed by atoms with Crippen LogP contribution in [0.4, 0.5) is 4.39 Å². The first kappa shape index (κ1) is 17.0. The van der Waals surface area contributed by atoms with Gasteiger partial charge in [0.25, 0.3) is 0 Å². The first-order valence-electron chi connectivity index (χ1n) is 9.45. The molecule has 0 saturated heterocycles. The average molecular weight is 377 g/mol. The van der Waals surface area contributed by atoms with Crippen molar-refractivity contribution in [1.82, 2.24) is 29.7 Å². The molecule has 142 valence electrons. The molecule has 0 aliphatic heterocycles. The van der Waals surface area contributed by atoms with E-state index in [9.17, 15) is 4.39 Å². The van der Waals surface area contributed by atoms with Crippen LogP contribution < -0.4 is 5.73 Å². The highest BCUT2D eigenvalue weighted by Gasteiger charge is 2.27. The van der Waals surface area contributed by atoms with Crippen LogP contribution in [0.3, 0.4) is 0 Å². The van der Waals surface area contributed by atoms with Gasteiger partial charge in [-0.15, -0.1) is 0 Å². The van der Waals surface area contributed by atoms with Gasteiger partial charge in [0, 0.05) is 12.1 Å². The number of benzene rings is 1. The summed E-state index contributed by atoms with van der Waals surface area (Å²) in [4.78, 5) is 13.4. The third-order valence-corrected chi connectivity index (χ3v) is 5.40. The van der Waals surface area contributed by atoms with Crippen LogP contribution >= 0.6 is 0 Å². The summed E-state index contributed by atoms with van der Waals surface area (Å²) in [5, 5.41) is 6.74. The third-order valence-electron chi connectivity index (χ3n) is 5.40. The molecule has 1 fully saturated rings. The minimum Gasteiger partial charge on any atom is -0.328 e. The van der Waals surface area contributed by atoms with Gasteiger partial charge in [-0.25, -0.2) is 14.4 Å². The van der Waals surface area contributed by atoms with Crippen LogP contribution in [0.2, 0.25) is 0 Å². The Morgan fingerprint density at radius 1 is 1.18 bits per heavy atom. The van der Waals surface area contributed by atoms with E-state index < -0.39 is 0 Å². The summed E-state index contributed by atoms with van der Waals surface area (Å²) in [6, 6.07) is 8.98. The molecule has 1 saturated carbocycles. The molecule has 4 aromatic rings. The number of nitrogens with two attached hydrogens (primary N) is 1. The molecule has 0 bridgehead atoms. The van der Waals surface area contributed by atoms with E-state index in [1.165, 1.54) is 12.4 Å². The highest BCUT2D eigenvalue weighted by molar-refractivity contribution is 5.83. The molecule has 0 spiro atoms. The molecule has 1 aliphatic carbocycles. The Balaban J connectivity index is 1.74. The number of nitrogens with one attached hydrogen (secondary N) is 1. The molecule has 3 N–H and O–H groups in total. The van der Waals surface area contributed by atoms with E-state index >= 15 is 0 Å². The number of H-pyrrole nitrogens is 1. The number of pyridine rings is 1. The van der Waals surface area contributed by atoms with E-state index in [0.717, 1.165) is 36.7 Å². The predicted molar refractivity (Wildman–Crippen MR) is 104 cm³/mol. The van der Waals surface area contributed by atoms with Crippen molar-refractivity contribution in [3.05, 3.63) is 48.7 Å². The fraction of sp³-hybridized carbons (Fsp3) is 0.300. The Labute approximate surface area is 160 Å². The molecule has 7 nitrogen and oxygen atoms in total. The van der Waals surface area contributed by atoms with Gasteiger partial charge in [-0.2, -0.15) is 5.10 Å². The molecule has 3 aromatic heterocycles. The molecular formula is C20H20FN7. The average Bonchev–Trinajstić information content (AvgIpc) is 3.36. The number of imidazole rings is 1. The van der Waals surface area contributed by atoms with E-state index in [-0.39, 0.29) is 17.9 Å². The molecular weight excluding hydrogens is 357 g/mol. The number of aromatic nitrogens is 6. The Morgan fingerprint density at radius 2 is 2.07 bits per heavy atom. The van der Waals surface area contributed by atoms with Crippen molar-refractivity contribution >= 4 is 11.0 Å². The number of halogens is 1. The Kier molecular flexibility index (Phi) is 4.12. The number of rotatable bonds is 3. The number of aromatic amines is 1. The van der Waals surface area contributed by atoms with Crippen LogP contribution in [0.15, 0.2) is 42.9 Å². The largest absolute Gasteiger partial charge is 0.328 e. The van der Waals surface area contributed by atoms with Crippen molar-refractivity contribution in [1.29, 1.82) is 0 Å². The van der Waals surface area contributed by atoms with Gasteiger partial charge in [0.1, 0.15) is 29.2 Å². The van der Waals surface area contributed by atoms with Crippen LogP contribution in [0.1, 0.15) is 31.7 Å². The summed E-state index contributed by atoms with van der Waals surface area (Å²) in [6.07, 6.45) is 7.04. The minimum atomic E-state index is -0.289. The second kappa shape index (κ2) is 6.79. The smallest absolute Gasteiger partial charge is 0.174 e. The van der Waals surface area contributed by atoms with Crippen LogP contribution in [0, 0.1) is 5.82 Å². The third kappa shape index (κ3) is 2.86. The highest BCUT2D eigenvalue weighted by Crippen LogP contribution is 2.36. The Hall–Kier alpha value is -3.13. The zero-order valence-corrected chi connectivity index (χ0v) is 15.2. The van der Waals surface area contributed by atoms with Crippen LogP contribution in [0.25, 0.3) is 33.9 Å². The lowest BCUT2D eigenvalue weighted by molar-refractivity contribution is 0.327. The summed E-state index contributed by atoms with van der Waals surface area (Å²) in [6.45, 7) is 0. The quantitative estimate of drug-likeness (QED) is 0.570. The Morgan fingerprint density at radius 3 is 2.86 bits per heavy atom. The molecule has 1 aromatic carbocycles.